The molecule has 0 aliphatic heterocycles. The highest BCUT2D eigenvalue weighted by molar-refractivity contribution is 5.81. The molecule has 0 atom stereocenters. The first-order valence-corrected chi connectivity index (χ1v) is 4.57. The second-order valence-electron chi connectivity index (χ2n) is 3.09. The van der Waals surface area contributed by atoms with E-state index in [1.165, 1.54) is 4.80 Å². The number of nitrogens with zero attached hydrogens (tertiary/aromatic N) is 6. The molecule has 0 bridgehead atoms. The summed E-state index contributed by atoms with van der Waals surface area (Å²) in [7, 11) is 1.70. The highest BCUT2D eigenvalue weighted by Crippen LogP contribution is 1.96. The van der Waals surface area contributed by atoms with E-state index in [4.69, 9.17) is 10.9 Å². The van der Waals surface area contributed by atoms with Crippen molar-refractivity contribution in [2.45, 2.75) is 13.5 Å². The van der Waals surface area contributed by atoms with E-state index in [1.807, 2.05) is 11.8 Å². The van der Waals surface area contributed by atoms with E-state index < -0.39 is 0 Å². The molecular weight excluding hydrogens is 198 g/mol. The standard InChI is InChI=1S/C7H15N7O/c1-3-14(4-6(8)11-15)5-7-9-12-13(2)10-7/h15H,3-5H2,1-2H3,(H2,8,11). The van der Waals surface area contributed by atoms with Gasteiger partial charge in [-0.3, -0.25) is 4.90 Å². The van der Waals surface area contributed by atoms with Gasteiger partial charge in [-0.2, -0.15) is 4.80 Å². The topological polar surface area (TPSA) is 105 Å². The Balaban J connectivity index is 2.54. The van der Waals surface area contributed by atoms with E-state index >= 15 is 0 Å². The maximum Gasteiger partial charge on any atom is 0.188 e. The summed E-state index contributed by atoms with van der Waals surface area (Å²) in [6.07, 6.45) is 0. The number of tetrazole rings is 1. The average molecular weight is 213 g/mol. The summed E-state index contributed by atoms with van der Waals surface area (Å²) in [6, 6.07) is 0. The summed E-state index contributed by atoms with van der Waals surface area (Å²) in [5.41, 5.74) is 5.40. The lowest BCUT2D eigenvalue weighted by Gasteiger charge is -2.16. The molecule has 1 aromatic heterocycles. The van der Waals surface area contributed by atoms with Gasteiger partial charge in [-0.15, -0.1) is 10.2 Å². The molecule has 0 aromatic carbocycles. The first-order valence-electron chi connectivity index (χ1n) is 4.57. The van der Waals surface area contributed by atoms with Crippen LogP contribution in [0.25, 0.3) is 0 Å². The molecule has 8 nitrogen and oxygen atoms in total. The Bertz CT molecular complexity index is 334. The highest BCUT2D eigenvalue weighted by Gasteiger charge is 2.09. The number of aromatic nitrogens is 4. The van der Waals surface area contributed by atoms with Crippen molar-refractivity contribution in [3.8, 4) is 0 Å². The number of amidine groups is 1. The van der Waals surface area contributed by atoms with E-state index in [0.29, 0.717) is 18.9 Å². The Morgan fingerprint density at radius 2 is 2.40 bits per heavy atom. The largest absolute Gasteiger partial charge is 0.409 e. The minimum atomic E-state index is 0.167. The van der Waals surface area contributed by atoms with Crippen LogP contribution < -0.4 is 5.73 Å². The van der Waals surface area contributed by atoms with Gasteiger partial charge in [-0.25, -0.2) is 0 Å². The van der Waals surface area contributed by atoms with E-state index in [0.717, 1.165) is 6.54 Å². The molecule has 15 heavy (non-hydrogen) atoms. The van der Waals surface area contributed by atoms with E-state index in [2.05, 4.69) is 20.6 Å². The normalized spacial score (nSPS) is 12.3. The summed E-state index contributed by atoms with van der Waals surface area (Å²) in [5, 5.41) is 23.0. The van der Waals surface area contributed by atoms with Gasteiger partial charge in [0.05, 0.1) is 20.1 Å². The van der Waals surface area contributed by atoms with Crippen molar-refractivity contribution < 1.29 is 5.21 Å². The molecule has 1 heterocycles. The minimum absolute atomic E-state index is 0.167. The first-order chi connectivity index (χ1) is 7.15. The second-order valence-corrected chi connectivity index (χ2v) is 3.09. The van der Waals surface area contributed by atoms with Crippen molar-refractivity contribution in [2.75, 3.05) is 13.1 Å². The van der Waals surface area contributed by atoms with E-state index in [1.54, 1.807) is 7.05 Å². The number of hydrogen-bond donors (Lipinski definition) is 2. The second kappa shape index (κ2) is 5.25. The molecule has 0 saturated heterocycles. The quantitative estimate of drug-likeness (QED) is 0.275. The fraction of sp³-hybridized carbons (Fsp3) is 0.714. The van der Waals surface area contributed by atoms with Gasteiger partial charge in [0.15, 0.2) is 11.7 Å². The van der Waals surface area contributed by atoms with Gasteiger partial charge in [0.2, 0.25) is 0 Å². The average Bonchev–Trinajstić information content (AvgIpc) is 2.62. The molecule has 1 aromatic rings. The molecule has 0 amide bonds. The summed E-state index contributed by atoms with van der Waals surface area (Å²) < 4.78 is 0. The molecule has 0 spiro atoms. The molecule has 1 rings (SSSR count). The smallest absolute Gasteiger partial charge is 0.188 e. The number of rotatable bonds is 5. The van der Waals surface area contributed by atoms with Crippen LogP contribution in [-0.4, -0.2) is 49.2 Å². The predicted octanol–water partition coefficient (Wildman–Crippen LogP) is -1.22. The molecule has 0 saturated carbocycles. The summed E-state index contributed by atoms with van der Waals surface area (Å²) in [6.45, 7) is 3.64. The number of oxime groups is 1. The highest BCUT2D eigenvalue weighted by atomic mass is 16.4. The fourth-order valence-corrected chi connectivity index (χ4v) is 1.13. The third-order valence-corrected chi connectivity index (χ3v) is 1.88. The van der Waals surface area contributed by atoms with Crippen molar-refractivity contribution in [1.29, 1.82) is 0 Å². The third-order valence-electron chi connectivity index (χ3n) is 1.88. The van der Waals surface area contributed by atoms with Gasteiger partial charge in [0, 0.05) is 0 Å². The Hall–Kier alpha value is -1.70. The summed E-state index contributed by atoms with van der Waals surface area (Å²) in [4.78, 5) is 3.33. The van der Waals surface area contributed by atoms with Crippen molar-refractivity contribution in [3.63, 3.8) is 0 Å². The lowest BCUT2D eigenvalue weighted by molar-refractivity contribution is 0.290. The molecular formula is C7H15N7O. The number of hydrogen-bond acceptors (Lipinski definition) is 6. The van der Waals surface area contributed by atoms with Crippen molar-refractivity contribution in [1.82, 2.24) is 25.1 Å². The van der Waals surface area contributed by atoms with Gasteiger partial charge < -0.3 is 10.9 Å². The molecule has 8 heteroatoms. The zero-order valence-corrected chi connectivity index (χ0v) is 8.83. The Kier molecular flexibility index (Phi) is 3.98. The molecule has 0 radical (unpaired) electrons. The lowest BCUT2D eigenvalue weighted by Crippen LogP contribution is -2.33. The monoisotopic (exact) mass is 213 g/mol. The van der Waals surface area contributed by atoms with Gasteiger partial charge in [-0.05, 0) is 11.8 Å². The van der Waals surface area contributed by atoms with Crippen LogP contribution in [0.4, 0.5) is 0 Å². The Morgan fingerprint density at radius 1 is 1.67 bits per heavy atom. The predicted molar refractivity (Wildman–Crippen MR) is 53.2 cm³/mol. The molecule has 84 valence electrons. The van der Waals surface area contributed by atoms with Crippen molar-refractivity contribution in [2.24, 2.45) is 17.9 Å². The van der Waals surface area contributed by atoms with Gasteiger partial charge in [0.1, 0.15) is 0 Å². The van der Waals surface area contributed by atoms with Crippen LogP contribution in [0.3, 0.4) is 0 Å². The van der Waals surface area contributed by atoms with Crippen LogP contribution in [0.2, 0.25) is 0 Å². The Labute approximate surface area is 87.3 Å². The summed E-state index contributed by atoms with van der Waals surface area (Å²) >= 11 is 0. The molecule has 0 aliphatic rings. The molecule has 0 unspecified atom stereocenters. The zero-order valence-electron chi connectivity index (χ0n) is 8.83. The molecule has 3 N–H and O–H groups in total. The number of nitrogens with two attached hydrogens (primary N) is 1. The van der Waals surface area contributed by atoms with Crippen LogP contribution >= 0.6 is 0 Å². The van der Waals surface area contributed by atoms with Crippen LogP contribution in [0.5, 0.6) is 0 Å². The number of likely N-dealkylation sites (N-methyl/N-ethyl adjacent to an activating group) is 1. The SMILES string of the molecule is CCN(CC(N)=NO)Cc1nnn(C)n1. The molecule has 0 aliphatic carbocycles. The molecule has 0 fully saturated rings. The van der Waals surface area contributed by atoms with E-state index in [-0.39, 0.29) is 5.84 Å². The van der Waals surface area contributed by atoms with Gasteiger partial charge >= 0.3 is 0 Å². The van der Waals surface area contributed by atoms with Crippen LogP contribution in [0.15, 0.2) is 5.16 Å². The minimum Gasteiger partial charge on any atom is -0.409 e. The number of aryl methyl sites for hydroxylation is 1. The van der Waals surface area contributed by atoms with Crippen molar-refractivity contribution >= 4 is 5.84 Å². The van der Waals surface area contributed by atoms with Gasteiger partial charge in [-0.1, -0.05) is 12.1 Å². The summed E-state index contributed by atoms with van der Waals surface area (Å²) in [5.74, 6) is 0.783. The first kappa shape index (κ1) is 11.4. The van der Waals surface area contributed by atoms with Crippen LogP contribution in [-0.2, 0) is 13.6 Å². The maximum absolute atomic E-state index is 8.44. The zero-order chi connectivity index (χ0) is 11.3. The Morgan fingerprint density at radius 3 is 2.87 bits per heavy atom. The van der Waals surface area contributed by atoms with Crippen LogP contribution in [0, 0.1) is 0 Å². The van der Waals surface area contributed by atoms with Crippen molar-refractivity contribution in [3.05, 3.63) is 5.82 Å². The van der Waals surface area contributed by atoms with Gasteiger partial charge in [0.25, 0.3) is 0 Å². The van der Waals surface area contributed by atoms with E-state index in [9.17, 15) is 0 Å². The third kappa shape index (κ3) is 3.50. The lowest BCUT2D eigenvalue weighted by atomic mass is 10.4. The maximum atomic E-state index is 8.44. The fourth-order valence-electron chi connectivity index (χ4n) is 1.13. The van der Waals surface area contributed by atoms with Crippen LogP contribution in [0.1, 0.15) is 12.7 Å².